The molecule has 0 bridgehead atoms. The molecule has 30 heavy (non-hydrogen) atoms. The van der Waals surface area contributed by atoms with Gasteiger partial charge in [0.1, 0.15) is 5.60 Å². The van der Waals surface area contributed by atoms with Gasteiger partial charge in [0.25, 0.3) is 0 Å². The van der Waals surface area contributed by atoms with Gasteiger partial charge in [-0.1, -0.05) is 13.8 Å². The number of imidazole rings is 1. The van der Waals surface area contributed by atoms with E-state index in [-0.39, 0.29) is 30.0 Å². The summed E-state index contributed by atoms with van der Waals surface area (Å²) in [6.45, 7) is 7.38. The van der Waals surface area contributed by atoms with E-state index in [1.165, 1.54) is 17.5 Å². The largest absolute Gasteiger partial charge is 0.444 e. The highest BCUT2D eigenvalue weighted by Gasteiger charge is 2.33. The molecule has 9 heteroatoms. The lowest BCUT2D eigenvalue weighted by Gasteiger charge is -2.34. The quantitative estimate of drug-likeness (QED) is 0.722. The highest BCUT2D eigenvalue weighted by atomic mass is 19.4. The number of amides is 1. The Hall–Kier alpha value is -2.45. The van der Waals surface area contributed by atoms with Gasteiger partial charge < -0.3 is 19.4 Å². The second kappa shape index (κ2) is 8.00. The number of piperidine rings is 1. The molecule has 0 aromatic carbocycles. The predicted molar refractivity (Wildman–Crippen MR) is 109 cm³/mol. The molecule has 1 N–H and O–H groups in total. The minimum atomic E-state index is -4.58. The van der Waals surface area contributed by atoms with Crippen molar-refractivity contribution < 1.29 is 25.4 Å². The summed E-state index contributed by atoms with van der Waals surface area (Å²) in [7, 11) is 0. The zero-order chi connectivity index (χ0) is 23.9. The fourth-order valence-electron chi connectivity index (χ4n) is 3.42. The Morgan fingerprint density at radius 3 is 2.60 bits per heavy atom. The van der Waals surface area contributed by atoms with Crippen LogP contribution in [0, 0.1) is 0 Å². The van der Waals surface area contributed by atoms with Gasteiger partial charge in [-0.3, -0.25) is 0 Å². The maximum Gasteiger partial charge on any atom is 0.417 e. The molecule has 1 amide bonds. The highest BCUT2D eigenvalue weighted by molar-refractivity contribution is 5.70. The fourth-order valence-corrected chi connectivity index (χ4v) is 3.42. The summed E-state index contributed by atoms with van der Waals surface area (Å²) in [5.74, 6) is -1.40. The number of halogens is 3. The molecule has 0 spiro atoms. The minimum Gasteiger partial charge on any atom is -0.444 e. The second-order valence-corrected chi connectivity index (χ2v) is 8.64. The Morgan fingerprint density at radius 1 is 1.37 bits per heavy atom. The topological polar surface area (TPSA) is 58.9 Å². The molecule has 2 aromatic rings. The number of carbonyl (C=O) groups excluding carboxylic acids is 1. The lowest BCUT2D eigenvalue weighted by molar-refractivity contribution is -0.137. The highest BCUT2D eigenvalue weighted by Crippen LogP contribution is 2.34. The summed E-state index contributed by atoms with van der Waals surface area (Å²) >= 11 is 0. The number of anilines is 1. The predicted octanol–water partition coefficient (Wildman–Crippen LogP) is 5.29. The minimum absolute atomic E-state index is 0.153. The molecule has 3 heterocycles. The molecule has 1 aliphatic rings. The number of fused-ring (bicyclic) bond motifs is 1. The number of nitrogens with zero attached hydrogens (tertiary/aromatic N) is 3. The molecule has 1 unspecified atom stereocenters. The van der Waals surface area contributed by atoms with E-state index in [1.807, 2.05) is 0 Å². The molecular formula is C21H29F3N4O2. The van der Waals surface area contributed by atoms with Crippen LogP contribution < -0.4 is 5.32 Å². The number of ether oxygens (including phenoxy) is 1. The van der Waals surface area contributed by atoms with Gasteiger partial charge in [-0.15, -0.1) is 0 Å². The van der Waals surface area contributed by atoms with Crippen LogP contribution >= 0.6 is 0 Å². The Labute approximate surface area is 177 Å². The van der Waals surface area contributed by atoms with Crippen LogP contribution in [-0.4, -0.2) is 45.1 Å². The Bertz CT molecular complexity index is 978. The summed E-state index contributed by atoms with van der Waals surface area (Å²) in [6.07, 6.45) is -1.62. The smallest absolute Gasteiger partial charge is 0.417 e. The van der Waals surface area contributed by atoms with E-state index >= 15 is 0 Å². The molecule has 1 fully saturated rings. The normalized spacial score (nSPS) is 19.2. The molecule has 3 rings (SSSR count). The number of carbonyl (C=O) groups is 1. The number of aromatic nitrogens is 2. The van der Waals surface area contributed by atoms with Crippen LogP contribution in [0.2, 0.25) is 0 Å². The van der Waals surface area contributed by atoms with Crippen LogP contribution in [0.3, 0.4) is 0 Å². The van der Waals surface area contributed by atoms with Crippen molar-refractivity contribution in [3.8, 4) is 0 Å². The molecule has 6 nitrogen and oxygen atoms in total. The van der Waals surface area contributed by atoms with Crippen molar-refractivity contribution in [2.24, 2.45) is 0 Å². The Morgan fingerprint density at radius 2 is 2.03 bits per heavy atom. The summed E-state index contributed by atoms with van der Waals surface area (Å²) in [5, 5.41) is 3.16. The summed E-state index contributed by atoms with van der Waals surface area (Å²) in [5.41, 5.74) is -0.758. The molecule has 0 aliphatic carbocycles. The average molecular weight is 428 g/mol. The van der Waals surface area contributed by atoms with Crippen molar-refractivity contribution in [3.05, 3.63) is 29.7 Å². The van der Waals surface area contributed by atoms with Crippen molar-refractivity contribution in [2.45, 2.75) is 71.1 Å². The number of pyridine rings is 1. The first-order valence-electron chi connectivity index (χ1n) is 11.0. The third-order valence-corrected chi connectivity index (χ3v) is 4.88. The maximum absolute atomic E-state index is 13.6. The number of alkyl halides is 3. The van der Waals surface area contributed by atoms with Crippen molar-refractivity contribution in [3.63, 3.8) is 0 Å². The molecular weight excluding hydrogens is 397 g/mol. The van der Waals surface area contributed by atoms with E-state index in [4.69, 9.17) is 7.48 Å². The van der Waals surface area contributed by atoms with Gasteiger partial charge in [-0.25, -0.2) is 9.78 Å². The number of hydrogen-bond donors (Lipinski definition) is 1. The van der Waals surface area contributed by atoms with E-state index in [1.54, 1.807) is 25.7 Å². The van der Waals surface area contributed by atoms with Crippen molar-refractivity contribution in [1.29, 1.82) is 0 Å². The molecule has 166 valence electrons. The van der Waals surface area contributed by atoms with Gasteiger partial charge in [0, 0.05) is 40.0 Å². The second-order valence-electron chi connectivity index (χ2n) is 8.64. The molecule has 0 saturated carbocycles. The van der Waals surface area contributed by atoms with Crippen LogP contribution in [0.4, 0.5) is 23.7 Å². The van der Waals surface area contributed by atoms with Crippen LogP contribution in [0.5, 0.6) is 0 Å². The standard InChI is InChI=1S/C21H29F3N4O2/c1-13(2)17-11-25-18-16(10-14(12-28(17)18)21(22,23)24)26-15-6-8-27(9-7-15)19(29)30-20(3,4)5/h10-13,15,26H,6-9H2,1-5H3/i1D,13D. The number of nitrogens with one attached hydrogen (secondary N) is 1. The third kappa shape index (κ3) is 4.99. The third-order valence-electron chi connectivity index (χ3n) is 4.88. The SMILES string of the molecule is [2H]CC([2H])(C)c1cnc2c(NC3CCN(C(=O)OC(C)(C)C)CC3)cc(C(F)(F)F)cn12. The van der Waals surface area contributed by atoms with E-state index in [0.29, 0.717) is 25.9 Å². The van der Waals surface area contributed by atoms with Crippen LogP contribution in [-0.2, 0) is 10.9 Å². The zero-order valence-corrected chi connectivity index (χ0v) is 17.6. The van der Waals surface area contributed by atoms with E-state index < -0.39 is 29.3 Å². The maximum atomic E-state index is 13.6. The average Bonchev–Trinajstić information content (AvgIpc) is 3.12. The lowest BCUT2D eigenvalue weighted by Crippen LogP contribution is -2.44. The van der Waals surface area contributed by atoms with E-state index in [0.717, 1.165) is 12.3 Å². The first-order chi connectivity index (χ1) is 14.7. The first-order valence-corrected chi connectivity index (χ1v) is 9.84. The zero-order valence-electron chi connectivity index (χ0n) is 19.6. The van der Waals surface area contributed by atoms with Crippen LogP contribution in [0.25, 0.3) is 5.65 Å². The summed E-state index contributed by atoms with van der Waals surface area (Å²) in [4.78, 5) is 18.1. The van der Waals surface area contributed by atoms with Crippen molar-refractivity contribution in [1.82, 2.24) is 14.3 Å². The molecule has 1 aliphatic heterocycles. The molecule has 1 saturated heterocycles. The summed E-state index contributed by atoms with van der Waals surface area (Å²) < 4.78 is 63.2. The molecule has 1 atom stereocenters. The fraction of sp³-hybridized carbons (Fsp3) is 0.619. The van der Waals surface area contributed by atoms with Gasteiger partial charge in [0.15, 0.2) is 5.65 Å². The molecule has 0 radical (unpaired) electrons. The summed E-state index contributed by atoms with van der Waals surface area (Å²) in [6, 6.07) is 0.869. The monoisotopic (exact) mass is 428 g/mol. The number of hydrogen-bond acceptors (Lipinski definition) is 4. The van der Waals surface area contributed by atoms with Crippen molar-refractivity contribution in [2.75, 3.05) is 18.4 Å². The van der Waals surface area contributed by atoms with Crippen LogP contribution in [0.15, 0.2) is 18.5 Å². The first kappa shape index (κ1) is 19.5. The molecule has 2 aromatic heterocycles. The van der Waals surface area contributed by atoms with Crippen molar-refractivity contribution >= 4 is 17.4 Å². The van der Waals surface area contributed by atoms with Gasteiger partial charge >= 0.3 is 12.3 Å². The Balaban J connectivity index is 1.84. The number of rotatable bonds is 3. The number of likely N-dealkylation sites (tertiary alicyclic amines) is 1. The van der Waals surface area contributed by atoms with Crippen LogP contribution in [0.1, 0.15) is 67.3 Å². The van der Waals surface area contributed by atoms with E-state index in [2.05, 4.69) is 10.3 Å². The van der Waals surface area contributed by atoms with Gasteiger partial charge in [0.2, 0.25) is 0 Å². The van der Waals surface area contributed by atoms with Gasteiger partial charge in [0.05, 0.1) is 11.3 Å². The van der Waals surface area contributed by atoms with E-state index in [9.17, 15) is 18.0 Å². The van der Waals surface area contributed by atoms with Gasteiger partial charge in [-0.05, 0) is 45.6 Å². The lowest BCUT2D eigenvalue weighted by atomic mass is 10.0. The Kier molecular flexibility index (Phi) is 5.20. The van der Waals surface area contributed by atoms with Gasteiger partial charge in [-0.2, -0.15) is 13.2 Å².